The van der Waals surface area contributed by atoms with Crippen LogP contribution in [0.3, 0.4) is 0 Å². The van der Waals surface area contributed by atoms with Crippen molar-refractivity contribution in [2.24, 2.45) is 11.8 Å². The number of halogens is 3. The van der Waals surface area contributed by atoms with E-state index in [1.54, 1.807) is 4.90 Å². The molecule has 4 aliphatic rings. The molecule has 2 fully saturated rings. The first kappa shape index (κ1) is 31.0. The molecule has 0 unspecified atom stereocenters. The molecule has 7 nitrogen and oxygen atoms in total. The van der Waals surface area contributed by atoms with Crippen molar-refractivity contribution in [1.29, 1.82) is 0 Å². The number of benzene rings is 2. The van der Waals surface area contributed by atoms with E-state index in [1.165, 1.54) is 25.1 Å². The minimum atomic E-state index is -4.46. The van der Waals surface area contributed by atoms with E-state index < -0.39 is 35.1 Å². The number of piperidine rings is 1. The van der Waals surface area contributed by atoms with Gasteiger partial charge in [0.05, 0.1) is 11.6 Å². The van der Waals surface area contributed by atoms with Gasteiger partial charge in [0, 0.05) is 60.1 Å². The fraction of sp³-hybridized carbons (Fsp3) is 0.486. The van der Waals surface area contributed by atoms with E-state index in [0.717, 1.165) is 49.2 Å². The van der Waals surface area contributed by atoms with Crippen LogP contribution in [0.1, 0.15) is 62.3 Å². The molecule has 10 heteroatoms. The van der Waals surface area contributed by atoms with Crippen molar-refractivity contribution in [2.45, 2.75) is 76.2 Å². The van der Waals surface area contributed by atoms with Crippen LogP contribution in [-0.2, 0) is 27.6 Å². The molecule has 1 amide bonds. The van der Waals surface area contributed by atoms with Gasteiger partial charge in [0.2, 0.25) is 0 Å². The number of carbonyl (C=O) groups excluding carboxylic acids is 2. The van der Waals surface area contributed by atoms with E-state index in [2.05, 4.69) is 23.3 Å². The number of hydrogen-bond donors (Lipinski definition) is 1. The lowest BCUT2D eigenvalue weighted by molar-refractivity contribution is -0.138. The van der Waals surface area contributed by atoms with Crippen molar-refractivity contribution in [3.8, 4) is 29.1 Å². The van der Waals surface area contributed by atoms with Crippen molar-refractivity contribution in [3.05, 3.63) is 65.2 Å². The maximum Gasteiger partial charge on any atom is 0.416 e. The van der Waals surface area contributed by atoms with Crippen LogP contribution < -0.4 is 9.47 Å². The first-order valence-electron chi connectivity index (χ1n) is 15.4. The zero-order valence-electron chi connectivity index (χ0n) is 25.6. The number of nitrogens with zero attached hydrogens (tertiary/aromatic N) is 2. The summed E-state index contributed by atoms with van der Waals surface area (Å²) in [7, 11) is 0. The Balaban J connectivity index is 1.40. The molecule has 1 saturated heterocycles. The topological polar surface area (TPSA) is 79.3 Å². The quantitative estimate of drug-likeness (QED) is 0.199. The Hall–Kier alpha value is -3.97. The molecule has 0 radical (unpaired) electrons. The maximum atomic E-state index is 13.9. The molecular weight excluding hydrogens is 585 g/mol. The highest BCUT2D eigenvalue weighted by atomic mass is 19.4. The van der Waals surface area contributed by atoms with Gasteiger partial charge in [-0.2, -0.15) is 13.2 Å². The molecule has 1 saturated carbocycles. The number of hydrogen-bond acceptors (Lipinski definition) is 6. The predicted molar refractivity (Wildman–Crippen MR) is 161 cm³/mol. The van der Waals surface area contributed by atoms with E-state index in [4.69, 9.17) is 9.47 Å². The summed E-state index contributed by atoms with van der Waals surface area (Å²) in [6.45, 7) is 11.2. The molecule has 2 heterocycles. The highest BCUT2D eigenvalue weighted by molar-refractivity contribution is 5.94. The van der Waals surface area contributed by atoms with Gasteiger partial charge in [0.25, 0.3) is 5.91 Å². The second kappa shape index (κ2) is 11.4. The van der Waals surface area contributed by atoms with Crippen LogP contribution in [-0.4, -0.2) is 64.6 Å². The highest BCUT2D eigenvalue weighted by Gasteiger charge is 2.67. The SMILES string of the molecule is C=CCN1CC[C@]23c4c5c(O)cc(OC(C)=O)c4O[C@H]2[C@H](N(CC(C)C)C(=O)C#Cc2ccc(C(F)(F)F)cc2)CC[C@H]3[C@H]1C5. The summed E-state index contributed by atoms with van der Waals surface area (Å²) in [6.07, 6.45) is -0.197. The van der Waals surface area contributed by atoms with Crippen molar-refractivity contribution >= 4 is 11.9 Å². The summed E-state index contributed by atoms with van der Waals surface area (Å²) in [5.41, 5.74) is 0.698. The smallest absolute Gasteiger partial charge is 0.416 e. The molecule has 6 rings (SSSR count). The minimum Gasteiger partial charge on any atom is -0.508 e. The van der Waals surface area contributed by atoms with E-state index >= 15 is 0 Å². The second-order valence-electron chi connectivity index (χ2n) is 13.0. The molecule has 2 aliphatic carbocycles. The lowest BCUT2D eigenvalue weighted by atomic mass is 9.50. The molecule has 2 bridgehead atoms. The number of esters is 1. The van der Waals surface area contributed by atoms with Gasteiger partial charge >= 0.3 is 12.1 Å². The fourth-order valence-corrected chi connectivity index (χ4v) is 8.30. The zero-order chi connectivity index (χ0) is 32.3. The Morgan fingerprint density at radius 1 is 1.27 bits per heavy atom. The highest BCUT2D eigenvalue weighted by Crippen LogP contribution is 2.65. The van der Waals surface area contributed by atoms with Gasteiger partial charge in [-0.25, -0.2) is 0 Å². The van der Waals surface area contributed by atoms with Crippen molar-refractivity contribution in [3.63, 3.8) is 0 Å². The largest absolute Gasteiger partial charge is 0.508 e. The van der Waals surface area contributed by atoms with Crippen molar-refractivity contribution in [2.75, 3.05) is 19.6 Å². The Labute approximate surface area is 261 Å². The molecule has 2 aromatic rings. The molecule has 238 valence electrons. The fourth-order valence-electron chi connectivity index (χ4n) is 8.30. The number of phenolic OH excluding ortho intramolecular Hbond substituents is 1. The third-order valence-electron chi connectivity index (χ3n) is 9.86. The molecule has 1 spiro atoms. The van der Waals surface area contributed by atoms with E-state index in [-0.39, 0.29) is 35.4 Å². The Morgan fingerprint density at radius 3 is 2.64 bits per heavy atom. The number of ether oxygens (including phenoxy) is 2. The Morgan fingerprint density at radius 2 is 2.00 bits per heavy atom. The van der Waals surface area contributed by atoms with Gasteiger partial charge in [-0.1, -0.05) is 25.8 Å². The standard InChI is InChI=1S/C35H37F3N2O5/c1-5-15-39-16-14-34-25-11-12-26(33(34)45-32-29(44-21(4)41)18-28(42)24(31(32)34)17-27(25)39)40(19-20(2)3)30(43)13-8-22-6-9-23(10-7-22)35(36,37)38/h5-7,9-10,18,20,25-27,33,42H,1,11-12,14-17,19H2,2-4H3/t25-,26+,27+,33-,34-/m0/s1. The molecule has 45 heavy (non-hydrogen) atoms. The normalized spacial score (nSPS) is 26.3. The van der Waals surface area contributed by atoms with Gasteiger partial charge in [0.15, 0.2) is 11.5 Å². The Bertz CT molecular complexity index is 1590. The van der Waals surface area contributed by atoms with E-state index in [0.29, 0.717) is 30.7 Å². The van der Waals surface area contributed by atoms with Gasteiger partial charge in [-0.05, 0) is 68.3 Å². The number of likely N-dealkylation sites (tertiary alicyclic amines) is 1. The van der Waals surface area contributed by atoms with Crippen LogP contribution in [0.5, 0.6) is 17.2 Å². The van der Waals surface area contributed by atoms with Crippen LogP contribution in [0.15, 0.2) is 43.0 Å². The summed E-state index contributed by atoms with van der Waals surface area (Å²) >= 11 is 0. The van der Waals surface area contributed by atoms with E-state index in [9.17, 15) is 27.9 Å². The number of carbonyl (C=O) groups is 2. The van der Waals surface area contributed by atoms with E-state index in [1.807, 2.05) is 19.9 Å². The zero-order valence-corrected chi connectivity index (χ0v) is 25.6. The van der Waals surface area contributed by atoms with Crippen LogP contribution in [0, 0.1) is 23.7 Å². The maximum absolute atomic E-state index is 13.9. The number of amides is 1. The number of alkyl halides is 3. The van der Waals surface area contributed by atoms with Crippen LogP contribution in [0.2, 0.25) is 0 Å². The summed E-state index contributed by atoms with van der Waals surface area (Å²) < 4.78 is 51.5. The molecule has 0 aromatic heterocycles. The second-order valence-corrected chi connectivity index (χ2v) is 13.0. The molecular formula is C35H37F3N2O5. The minimum absolute atomic E-state index is 0.0668. The summed E-state index contributed by atoms with van der Waals surface area (Å²) in [5, 5.41) is 11.2. The Kier molecular flexibility index (Phi) is 7.88. The van der Waals surface area contributed by atoms with Gasteiger partial charge in [-0.3, -0.25) is 14.5 Å². The summed E-state index contributed by atoms with van der Waals surface area (Å²) in [6, 6.07) is 5.67. The third kappa shape index (κ3) is 5.25. The summed E-state index contributed by atoms with van der Waals surface area (Å²) in [4.78, 5) is 30.1. The lowest BCUT2D eigenvalue weighted by Crippen LogP contribution is -2.69. The van der Waals surface area contributed by atoms with Gasteiger partial charge in [0.1, 0.15) is 11.9 Å². The monoisotopic (exact) mass is 622 g/mol. The number of rotatable bonds is 6. The number of aromatic hydroxyl groups is 1. The molecule has 2 aliphatic heterocycles. The van der Waals surface area contributed by atoms with Crippen molar-refractivity contribution < 1.29 is 37.3 Å². The van der Waals surface area contributed by atoms with Crippen LogP contribution in [0.4, 0.5) is 13.2 Å². The average Bonchev–Trinajstić information content (AvgIpc) is 3.32. The molecule has 1 N–H and O–H groups in total. The molecule has 2 aromatic carbocycles. The predicted octanol–water partition coefficient (Wildman–Crippen LogP) is 5.47. The van der Waals surface area contributed by atoms with Gasteiger partial charge < -0.3 is 19.5 Å². The third-order valence-corrected chi connectivity index (χ3v) is 9.86. The molecule has 5 atom stereocenters. The average molecular weight is 623 g/mol. The van der Waals surface area contributed by atoms with Gasteiger partial charge in [-0.15, -0.1) is 6.58 Å². The first-order valence-corrected chi connectivity index (χ1v) is 15.4. The number of phenols is 1. The van der Waals surface area contributed by atoms with Crippen LogP contribution >= 0.6 is 0 Å². The summed E-state index contributed by atoms with van der Waals surface area (Å²) in [5.74, 6) is 5.49. The lowest BCUT2D eigenvalue weighted by Gasteiger charge is -2.60. The van der Waals surface area contributed by atoms with Crippen molar-refractivity contribution in [1.82, 2.24) is 9.80 Å². The first-order chi connectivity index (χ1) is 21.3. The van der Waals surface area contributed by atoms with Crippen LogP contribution in [0.25, 0.3) is 0 Å².